The number of fused-ring (bicyclic) bond motifs is 4. The van der Waals surface area contributed by atoms with E-state index in [0.29, 0.717) is 42.5 Å². The topological polar surface area (TPSA) is 257 Å². The maximum absolute atomic E-state index is 12.4. The first-order valence-electron chi connectivity index (χ1n) is 25.6. The van der Waals surface area contributed by atoms with E-state index < -0.39 is 68.3 Å². The molecule has 0 saturated carbocycles. The van der Waals surface area contributed by atoms with E-state index in [9.17, 15) is 83.7 Å². The highest BCUT2D eigenvalue weighted by Crippen LogP contribution is 2.43. The SMILES string of the molecule is Cc1cccc2c(C)cccc12.O=S(=O)(Oc1cccc2c(OS(=O)(=O)C(F)(F)F)cccc12)C(F)(F)F.O=[N+]([O-])c1cc(Cl)ccc1-c1cccc2c(-c3ccc(Cl)cc3[N+](=O)[O-])cccc12.O=[N+]([O-])c1cc(Cl)ccc1Br.Oc1cccc2c(O)cccc12. The fourth-order valence-corrected chi connectivity index (χ4v) is 10.6. The summed E-state index contributed by atoms with van der Waals surface area (Å²) in [4.78, 5) is 32.0. The molecule has 11 rings (SSSR count). The van der Waals surface area contributed by atoms with Crippen LogP contribution in [0.2, 0.25) is 15.1 Å². The zero-order chi connectivity index (χ0) is 66.9. The van der Waals surface area contributed by atoms with Crippen LogP contribution in [-0.2, 0) is 20.2 Å². The second kappa shape index (κ2) is 28.7. The molecule has 0 bridgehead atoms. The molecule has 0 heterocycles. The van der Waals surface area contributed by atoms with Gasteiger partial charge in [-0.2, -0.15) is 43.2 Å². The van der Waals surface area contributed by atoms with E-state index in [1.807, 2.05) is 12.1 Å². The van der Waals surface area contributed by atoms with Gasteiger partial charge in [-0.05, 0) is 134 Å². The van der Waals surface area contributed by atoms with Crippen LogP contribution in [-0.4, -0.2) is 52.8 Å². The molecule has 0 aliphatic rings. The van der Waals surface area contributed by atoms with Crippen molar-refractivity contribution in [1.29, 1.82) is 0 Å². The summed E-state index contributed by atoms with van der Waals surface area (Å²) >= 11 is 20.5. The molecular formula is C62H41BrCl3F6N3O14S2. The van der Waals surface area contributed by atoms with Crippen LogP contribution in [0.5, 0.6) is 23.0 Å². The van der Waals surface area contributed by atoms with Gasteiger partial charge in [-0.1, -0.05) is 156 Å². The summed E-state index contributed by atoms with van der Waals surface area (Å²) in [5.41, 5.74) is -6.92. The van der Waals surface area contributed by atoms with E-state index in [2.05, 4.69) is 74.5 Å². The van der Waals surface area contributed by atoms with Crippen LogP contribution in [0.1, 0.15) is 11.1 Å². The fourth-order valence-electron chi connectivity index (χ4n) is 8.80. The number of nitro groups is 3. The number of aromatic hydroxyl groups is 2. The molecular weight excluding hydrogens is 1380 g/mol. The number of nitrogens with zero attached hydrogens (tertiary/aromatic N) is 3. The van der Waals surface area contributed by atoms with Gasteiger partial charge in [-0.3, -0.25) is 30.3 Å². The van der Waals surface area contributed by atoms with Crippen molar-refractivity contribution in [2.75, 3.05) is 0 Å². The summed E-state index contributed by atoms with van der Waals surface area (Å²) in [5, 5.41) is 57.8. The molecule has 0 unspecified atom stereocenters. The minimum Gasteiger partial charge on any atom is -0.507 e. The first-order valence-corrected chi connectivity index (χ1v) is 30.3. The van der Waals surface area contributed by atoms with Crippen molar-refractivity contribution < 1.29 is 76.5 Å². The van der Waals surface area contributed by atoms with Gasteiger partial charge in [0.2, 0.25) is 0 Å². The van der Waals surface area contributed by atoms with Crippen LogP contribution in [0.4, 0.5) is 43.4 Å². The Bertz CT molecular complexity index is 4500. The third-order valence-electron chi connectivity index (χ3n) is 13.0. The molecule has 11 aromatic rings. The Balaban J connectivity index is 0.000000173. The maximum atomic E-state index is 12.4. The zero-order valence-electron chi connectivity index (χ0n) is 46.3. The Morgan fingerprint density at radius 3 is 1.04 bits per heavy atom. The second-order valence-electron chi connectivity index (χ2n) is 18.9. The number of alkyl halides is 6. The largest absolute Gasteiger partial charge is 0.534 e. The summed E-state index contributed by atoms with van der Waals surface area (Å²) in [6.07, 6.45) is 0. The summed E-state index contributed by atoms with van der Waals surface area (Å²) in [5.74, 6) is -1.36. The maximum Gasteiger partial charge on any atom is 0.534 e. The normalized spacial score (nSPS) is 11.4. The summed E-state index contributed by atoms with van der Waals surface area (Å²) in [6, 6.07) is 52.7. The molecule has 2 N–H and O–H groups in total. The number of hydrogen-bond donors (Lipinski definition) is 2. The van der Waals surface area contributed by atoms with Crippen molar-refractivity contribution >= 4 is 131 Å². The Morgan fingerprint density at radius 1 is 0.396 bits per heavy atom. The molecule has 0 atom stereocenters. The van der Waals surface area contributed by atoms with Gasteiger partial charge in [0.15, 0.2) is 11.5 Å². The van der Waals surface area contributed by atoms with Crippen molar-refractivity contribution in [2.24, 2.45) is 0 Å². The first-order chi connectivity index (χ1) is 42.7. The molecule has 0 aliphatic carbocycles. The van der Waals surface area contributed by atoms with Crippen molar-refractivity contribution in [3.63, 3.8) is 0 Å². The summed E-state index contributed by atoms with van der Waals surface area (Å²) in [6.45, 7) is 4.31. The number of aryl methyl sites for hydroxylation is 2. The molecule has 0 amide bonds. The van der Waals surface area contributed by atoms with Gasteiger partial charge in [0.05, 0.1) is 30.4 Å². The number of phenolic OH excluding ortho intramolecular Hbond substituents is 2. The number of rotatable bonds is 9. The minimum atomic E-state index is -6.05. The van der Waals surface area contributed by atoms with Crippen molar-refractivity contribution in [2.45, 2.75) is 24.9 Å². The van der Waals surface area contributed by atoms with Crippen LogP contribution < -0.4 is 8.37 Å². The van der Waals surface area contributed by atoms with E-state index in [1.165, 1.54) is 40.1 Å². The van der Waals surface area contributed by atoms with E-state index in [0.717, 1.165) is 47.2 Å². The number of phenols is 2. The number of benzene rings is 11. The van der Waals surface area contributed by atoms with E-state index >= 15 is 0 Å². The van der Waals surface area contributed by atoms with Gasteiger partial charge in [0.25, 0.3) is 17.1 Å². The molecule has 0 spiro atoms. The highest BCUT2D eigenvalue weighted by Gasteiger charge is 2.50. The molecule has 0 radical (unpaired) electrons. The quantitative estimate of drug-likeness (QED) is 0.0448. The predicted octanol–water partition coefficient (Wildman–Crippen LogP) is 19.3. The van der Waals surface area contributed by atoms with Gasteiger partial charge in [-0.15, -0.1) is 0 Å². The lowest BCUT2D eigenvalue weighted by molar-refractivity contribution is -0.385. The van der Waals surface area contributed by atoms with E-state index in [4.69, 9.17) is 34.8 Å². The Kier molecular flexibility index (Phi) is 21.8. The van der Waals surface area contributed by atoms with E-state index in [1.54, 1.807) is 97.1 Å². The monoisotopic (exact) mass is 1410 g/mol. The minimum absolute atomic E-state index is 0.0162. The van der Waals surface area contributed by atoms with Crippen LogP contribution in [0.25, 0.3) is 65.3 Å². The second-order valence-corrected chi connectivity index (χ2v) is 24.1. The molecule has 0 saturated heterocycles. The molecule has 17 nitrogen and oxygen atoms in total. The van der Waals surface area contributed by atoms with Gasteiger partial charge in [0.1, 0.15) is 11.5 Å². The Hall–Kier alpha value is -9.31. The molecule has 29 heteroatoms. The van der Waals surface area contributed by atoms with Crippen LogP contribution in [0.3, 0.4) is 0 Å². The van der Waals surface area contributed by atoms with E-state index in [-0.39, 0.29) is 38.6 Å². The Morgan fingerprint density at radius 2 is 0.692 bits per heavy atom. The van der Waals surface area contributed by atoms with Crippen molar-refractivity contribution in [3.05, 3.63) is 261 Å². The summed E-state index contributed by atoms with van der Waals surface area (Å²) < 4.78 is 127. The molecule has 11 aromatic carbocycles. The highest BCUT2D eigenvalue weighted by atomic mass is 79.9. The van der Waals surface area contributed by atoms with Crippen LogP contribution in [0.15, 0.2) is 205 Å². The fraction of sp³-hybridized carbons (Fsp3) is 0.0645. The average Bonchev–Trinajstić information content (AvgIpc) is 1.09. The van der Waals surface area contributed by atoms with Crippen molar-refractivity contribution in [3.8, 4) is 45.3 Å². The summed E-state index contributed by atoms with van der Waals surface area (Å²) in [7, 11) is -12.1. The Labute approximate surface area is 535 Å². The third kappa shape index (κ3) is 16.6. The first kappa shape index (κ1) is 69.2. The van der Waals surface area contributed by atoms with Crippen molar-refractivity contribution in [1.82, 2.24) is 0 Å². The van der Waals surface area contributed by atoms with Gasteiger partial charge in [0, 0.05) is 54.8 Å². The van der Waals surface area contributed by atoms with Gasteiger partial charge in [-0.25, -0.2) is 0 Å². The smallest absolute Gasteiger partial charge is 0.507 e. The molecule has 0 fully saturated rings. The lowest BCUT2D eigenvalue weighted by atomic mass is 9.92. The van der Waals surface area contributed by atoms with Gasteiger partial charge < -0.3 is 18.6 Å². The standard InChI is InChI=1S/C22H12Cl2N2O4.C12H6F6O6S2.C12H12.C10H8O2.C6H3BrClNO2/c23-13-7-9-19(21(11-13)25(27)28)17-5-1-3-15-16(17)4-2-6-18(15)20-10-8-14(24)12-22(20)26(29)30;13-11(14,15)25(19,20)23-9-5-1-3-7-8(9)4-2-6-10(7)24-26(21,22)12(16,17)18;1-9-5-3-8-12-10(2)6-4-7-11(9)12;11-9-5-1-3-7-8(9)4-2-6-10(7)12;7-5-2-1-4(8)3-6(5)9(10)11/h1-12H;1-6H;3-8H,1-2H3;1-6,11-12H;1-3H. The van der Waals surface area contributed by atoms with Crippen LogP contribution >= 0.6 is 50.7 Å². The molecule has 470 valence electrons. The zero-order valence-corrected chi connectivity index (χ0v) is 51.8. The lowest BCUT2D eigenvalue weighted by Gasteiger charge is -2.14. The van der Waals surface area contributed by atoms with Crippen LogP contribution in [0, 0.1) is 44.2 Å². The number of nitro benzene ring substituents is 3. The molecule has 0 aromatic heterocycles. The lowest BCUT2D eigenvalue weighted by Crippen LogP contribution is -2.28. The predicted molar refractivity (Wildman–Crippen MR) is 340 cm³/mol. The highest BCUT2D eigenvalue weighted by molar-refractivity contribution is 9.10. The van der Waals surface area contributed by atoms with Gasteiger partial charge >= 0.3 is 31.3 Å². The number of halogens is 10. The average molecular weight is 1420 g/mol. The molecule has 91 heavy (non-hydrogen) atoms. The molecule has 0 aliphatic heterocycles. The number of hydrogen-bond acceptors (Lipinski definition) is 14. The third-order valence-corrected chi connectivity index (χ3v) is 16.3.